The van der Waals surface area contributed by atoms with Crippen molar-refractivity contribution in [3.8, 4) is 11.8 Å². The molecule has 25 heavy (non-hydrogen) atoms. The number of hydrogen-bond acceptors (Lipinski definition) is 2. The Morgan fingerprint density at radius 2 is 1.32 bits per heavy atom. The van der Waals surface area contributed by atoms with Gasteiger partial charge in [0.05, 0.1) is 6.42 Å². The van der Waals surface area contributed by atoms with Gasteiger partial charge in [-0.2, -0.15) is 0 Å². The van der Waals surface area contributed by atoms with Gasteiger partial charge in [0, 0.05) is 5.56 Å². The number of hydrogen-bond donors (Lipinski definition) is 0. The van der Waals surface area contributed by atoms with Crippen molar-refractivity contribution in [1.29, 1.82) is 0 Å². The summed E-state index contributed by atoms with van der Waals surface area (Å²) in [6, 6.07) is 15.8. The molecule has 2 rings (SSSR count). The third-order valence-corrected chi connectivity index (χ3v) is 3.06. The van der Waals surface area contributed by atoms with E-state index in [4.69, 9.17) is 4.74 Å². The molecule has 0 aliphatic carbocycles. The zero-order chi connectivity index (χ0) is 19.1. The molecule has 2 aromatic rings. The van der Waals surface area contributed by atoms with Gasteiger partial charge in [-0.15, -0.1) is 0 Å². The van der Waals surface area contributed by atoms with E-state index in [2.05, 4.69) is 11.8 Å². The highest BCUT2D eigenvalue weighted by Gasteiger charge is 2.03. The van der Waals surface area contributed by atoms with Crippen molar-refractivity contribution in [3.05, 3.63) is 70.8 Å². The highest BCUT2D eigenvalue weighted by molar-refractivity contribution is 5.72. The summed E-state index contributed by atoms with van der Waals surface area (Å²) in [4.78, 5) is 11.7. The van der Waals surface area contributed by atoms with Crippen LogP contribution in [0.3, 0.4) is 0 Å². The van der Waals surface area contributed by atoms with Crippen LogP contribution in [-0.4, -0.2) is 12.6 Å². The van der Waals surface area contributed by atoms with E-state index in [1.165, 1.54) is 11.1 Å². The molecule has 0 spiro atoms. The Morgan fingerprint density at radius 1 is 0.840 bits per heavy atom. The molecule has 0 aliphatic rings. The number of carbonyl (C=O) groups excluding carboxylic acids is 1. The van der Waals surface area contributed by atoms with Gasteiger partial charge < -0.3 is 4.74 Å². The van der Waals surface area contributed by atoms with Gasteiger partial charge in [0.15, 0.2) is 6.61 Å². The minimum Gasteiger partial charge on any atom is -0.452 e. The van der Waals surface area contributed by atoms with Crippen molar-refractivity contribution in [2.75, 3.05) is 6.61 Å². The zero-order valence-corrected chi connectivity index (χ0v) is 16.3. The molecule has 0 N–H and O–H groups in total. The van der Waals surface area contributed by atoms with Crippen molar-refractivity contribution in [1.82, 2.24) is 0 Å². The fourth-order valence-corrected chi connectivity index (χ4v) is 1.82. The molecule has 0 saturated carbocycles. The lowest BCUT2D eigenvalue weighted by Crippen LogP contribution is -2.08. The Labute approximate surface area is 153 Å². The highest BCUT2D eigenvalue weighted by atomic mass is 16.5. The van der Waals surface area contributed by atoms with E-state index < -0.39 is 0 Å². The van der Waals surface area contributed by atoms with E-state index in [-0.39, 0.29) is 19.0 Å². The van der Waals surface area contributed by atoms with Crippen LogP contribution in [0.4, 0.5) is 0 Å². The SMILES string of the molecule is CC.CC.Cc1ccc(C#CCOC(=O)Cc2ccc(C)cc2)cc1. The lowest BCUT2D eigenvalue weighted by molar-refractivity contribution is -0.141. The summed E-state index contributed by atoms with van der Waals surface area (Å²) in [5, 5.41) is 0. The van der Waals surface area contributed by atoms with Crippen LogP contribution in [-0.2, 0) is 16.0 Å². The van der Waals surface area contributed by atoms with Gasteiger partial charge in [-0.3, -0.25) is 4.79 Å². The molecule has 0 aliphatic heterocycles. The molecule has 0 amide bonds. The first kappa shape index (κ1) is 22.5. The third kappa shape index (κ3) is 10.0. The lowest BCUT2D eigenvalue weighted by Gasteiger charge is -2.01. The number of aryl methyl sites for hydroxylation is 2. The highest BCUT2D eigenvalue weighted by Crippen LogP contribution is 2.04. The molecular formula is C23H30O2. The molecule has 0 radical (unpaired) electrons. The lowest BCUT2D eigenvalue weighted by atomic mass is 10.1. The van der Waals surface area contributed by atoms with Crippen molar-refractivity contribution >= 4 is 5.97 Å². The van der Waals surface area contributed by atoms with E-state index >= 15 is 0 Å². The Balaban J connectivity index is 0.00000134. The van der Waals surface area contributed by atoms with Gasteiger partial charge >= 0.3 is 5.97 Å². The fraction of sp³-hybridized carbons (Fsp3) is 0.348. The monoisotopic (exact) mass is 338 g/mol. The summed E-state index contributed by atoms with van der Waals surface area (Å²) < 4.78 is 5.11. The smallest absolute Gasteiger partial charge is 0.311 e. The second-order valence-electron chi connectivity index (χ2n) is 4.99. The first-order valence-corrected chi connectivity index (χ1v) is 8.90. The Hall–Kier alpha value is -2.53. The molecule has 0 saturated heterocycles. The maximum absolute atomic E-state index is 11.7. The predicted octanol–water partition coefficient (Wildman–Crippen LogP) is 5.49. The van der Waals surface area contributed by atoms with Crippen LogP contribution >= 0.6 is 0 Å². The van der Waals surface area contributed by atoms with Crippen molar-refractivity contribution in [2.24, 2.45) is 0 Å². The largest absolute Gasteiger partial charge is 0.452 e. The summed E-state index contributed by atoms with van der Waals surface area (Å²) in [6.45, 7) is 12.2. The number of rotatable bonds is 3. The molecular weight excluding hydrogens is 308 g/mol. The zero-order valence-electron chi connectivity index (χ0n) is 16.3. The Morgan fingerprint density at radius 3 is 1.84 bits per heavy atom. The number of carbonyl (C=O) groups is 1. The molecule has 0 fully saturated rings. The van der Waals surface area contributed by atoms with Crippen LogP contribution < -0.4 is 0 Å². The van der Waals surface area contributed by atoms with Crippen LogP contribution in [0.1, 0.15) is 49.9 Å². The molecule has 0 unspecified atom stereocenters. The number of ether oxygens (including phenoxy) is 1. The van der Waals surface area contributed by atoms with Gasteiger partial charge in [-0.1, -0.05) is 87.1 Å². The Bertz CT molecular complexity index is 656. The van der Waals surface area contributed by atoms with Gasteiger partial charge in [-0.25, -0.2) is 0 Å². The van der Waals surface area contributed by atoms with Gasteiger partial charge in [0.25, 0.3) is 0 Å². The van der Waals surface area contributed by atoms with E-state index in [1.54, 1.807) is 0 Å². The van der Waals surface area contributed by atoms with Gasteiger partial charge in [0.1, 0.15) is 0 Å². The quantitative estimate of drug-likeness (QED) is 0.546. The Kier molecular flexibility index (Phi) is 12.5. The van der Waals surface area contributed by atoms with Crippen LogP contribution in [0.15, 0.2) is 48.5 Å². The normalized spacial score (nSPS) is 8.56. The topological polar surface area (TPSA) is 26.3 Å². The molecule has 2 nitrogen and oxygen atoms in total. The van der Waals surface area contributed by atoms with Gasteiger partial charge in [-0.05, 0) is 31.5 Å². The van der Waals surface area contributed by atoms with Crippen LogP contribution in [0.5, 0.6) is 0 Å². The predicted molar refractivity (Wildman–Crippen MR) is 107 cm³/mol. The molecule has 0 bridgehead atoms. The van der Waals surface area contributed by atoms with Crippen molar-refractivity contribution in [3.63, 3.8) is 0 Å². The van der Waals surface area contributed by atoms with E-state index in [0.717, 1.165) is 11.1 Å². The minimum atomic E-state index is -0.253. The summed E-state index contributed by atoms with van der Waals surface area (Å²) in [5.41, 5.74) is 4.26. The molecule has 134 valence electrons. The second-order valence-corrected chi connectivity index (χ2v) is 4.99. The average molecular weight is 338 g/mol. The van der Waals surface area contributed by atoms with Crippen LogP contribution in [0.2, 0.25) is 0 Å². The molecule has 0 heterocycles. The van der Waals surface area contributed by atoms with Gasteiger partial charge in [0.2, 0.25) is 0 Å². The molecule has 0 atom stereocenters. The van der Waals surface area contributed by atoms with Crippen LogP contribution in [0, 0.1) is 25.7 Å². The first-order chi connectivity index (χ1) is 12.1. The number of benzene rings is 2. The maximum atomic E-state index is 11.7. The molecule has 2 heteroatoms. The van der Waals surface area contributed by atoms with Crippen LogP contribution in [0.25, 0.3) is 0 Å². The summed E-state index contributed by atoms with van der Waals surface area (Å²) >= 11 is 0. The van der Waals surface area contributed by atoms with Crippen molar-refractivity contribution in [2.45, 2.75) is 48.0 Å². The van der Waals surface area contributed by atoms with E-state index in [1.807, 2.05) is 90.1 Å². The minimum absolute atomic E-state index is 0.124. The standard InChI is InChI=1S/C19H18O2.2C2H6/c1-15-5-9-17(10-6-15)4-3-13-21-19(20)14-18-11-7-16(2)8-12-18;2*1-2/h5-12H,13-14H2,1-2H3;2*1-2H3. The van der Waals surface area contributed by atoms with Crippen molar-refractivity contribution < 1.29 is 9.53 Å². The average Bonchev–Trinajstić information content (AvgIpc) is 2.65. The van der Waals surface area contributed by atoms with E-state index in [0.29, 0.717) is 0 Å². The first-order valence-electron chi connectivity index (χ1n) is 8.90. The second kappa shape index (κ2) is 13.9. The molecule has 0 aromatic heterocycles. The molecule has 2 aromatic carbocycles. The summed E-state index contributed by atoms with van der Waals surface area (Å²) in [7, 11) is 0. The summed E-state index contributed by atoms with van der Waals surface area (Å²) in [6.07, 6.45) is 0.284. The maximum Gasteiger partial charge on any atom is 0.311 e. The summed E-state index contributed by atoms with van der Waals surface area (Å²) in [5.74, 6) is 5.57. The fourth-order valence-electron chi connectivity index (χ4n) is 1.82. The number of esters is 1. The van der Waals surface area contributed by atoms with E-state index in [9.17, 15) is 4.79 Å². The third-order valence-electron chi connectivity index (χ3n) is 3.06.